The molecule has 0 aromatic heterocycles. The number of likely N-dealkylation sites (tertiary alicyclic amines) is 1. The van der Waals surface area contributed by atoms with E-state index in [1.54, 1.807) is 0 Å². The summed E-state index contributed by atoms with van der Waals surface area (Å²) < 4.78 is 5.94. The summed E-state index contributed by atoms with van der Waals surface area (Å²) in [4.78, 5) is 14.2. The van der Waals surface area contributed by atoms with Gasteiger partial charge in [0, 0.05) is 25.9 Å². The van der Waals surface area contributed by atoms with Crippen molar-refractivity contribution >= 4 is 5.91 Å². The minimum atomic E-state index is -0.441. The standard InChI is InChI=1S/C17H26N2O2/c1-17(2,3)15(18)16(20)19-11-9-14(10-12-19)21-13-7-5-4-6-8-13/h4-8,14-15H,9-12,18H2,1-3H3. The molecule has 1 saturated heterocycles. The number of amides is 1. The van der Waals surface area contributed by atoms with E-state index in [0.29, 0.717) is 0 Å². The Morgan fingerprint density at radius 2 is 1.81 bits per heavy atom. The number of piperidine rings is 1. The minimum Gasteiger partial charge on any atom is -0.490 e. The van der Waals surface area contributed by atoms with Crippen LogP contribution < -0.4 is 10.5 Å². The highest BCUT2D eigenvalue weighted by Gasteiger charge is 2.33. The SMILES string of the molecule is CC(C)(C)C(N)C(=O)N1CCC(Oc2ccccc2)CC1. The first-order valence-corrected chi connectivity index (χ1v) is 7.64. The van der Waals surface area contributed by atoms with Gasteiger partial charge in [-0.3, -0.25) is 4.79 Å². The average Bonchev–Trinajstić information content (AvgIpc) is 2.46. The molecule has 0 spiro atoms. The number of nitrogens with two attached hydrogens (primary N) is 1. The number of nitrogens with zero attached hydrogens (tertiary/aromatic N) is 1. The number of ether oxygens (including phenoxy) is 1. The van der Waals surface area contributed by atoms with E-state index in [9.17, 15) is 4.79 Å². The van der Waals surface area contributed by atoms with Gasteiger partial charge in [-0.15, -0.1) is 0 Å². The van der Waals surface area contributed by atoms with Crippen molar-refractivity contribution in [2.24, 2.45) is 11.1 Å². The van der Waals surface area contributed by atoms with Gasteiger partial charge in [-0.05, 0) is 17.5 Å². The number of rotatable bonds is 3. The van der Waals surface area contributed by atoms with Gasteiger partial charge in [0.15, 0.2) is 0 Å². The van der Waals surface area contributed by atoms with Crippen molar-refractivity contribution in [2.45, 2.75) is 45.8 Å². The zero-order valence-corrected chi connectivity index (χ0v) is 13.2. The van der Waals surface area contributed by atoms with Crippen LogP contribution in [0.1, 0.15) is 33.6 Å². The van der Waals surface area contributed by atoms with Gasteiger partial charge in [-0.2, -0.15) is 0 Å². The molecule has 0 bridgehead atoms. The van der Waals surface area contributed by atoms with Crippen LogP contribution in [0, 0.1) is 5.41 Å². The van der Waals surface area contributed by atoms with E-state index in [4.69, 9.17) is 10.5 Å². The average molecular weight is 290 g/mol. The van der Waals surface area contributed by atoms with Crippen molar-refractivity contribution in [2.75, 3.05) is 13.1 Å². The number of para-hydroxylation sites is 1. The third kappa shape index (κ3) is 4.21. The second-order valence-corrected chi connectivity index (χ2v) is 6.80. The smallest absolute Gasteiger partial charge is 0.240 e. The molecule has 116 valence electrons. The monoisotopic (exact) mass is 290 g/mol. The van der Waals surface area contributed by atoms with E-state index in [-0.39, 0.29) is 17.4 Å². The molecule has 1 heterocycles. The van der Waals surface area contributed by atoms with E-state index >= 15 is 0 Å². The van der Waals surface area contributed by atoms with Gasteiger partial charge in [0.2, 0.25) is 5.91 Å². The molecule has 1 aromatic carbocycles. The van der Waals surface area contributed by atoms with Crippen LogP contribution in [0.2, 0.25) is 0 Å². The number of carbonyl (C=O) groups is 1. The zero-order valence-electron chi connectivity index (χ0n) is 13.2. The number of carbonyl (C=O) groups excluding carboxylic acids is 1. The maximum absolute atomic E-state index is 12.4. The topological polar surface area (TPSA) is 55.6 Å². The normalized spacial score (nSPS) is 18.4. The molecule has 0 radical (unpaired) electrons. The lowest BCUT2D eigenvalue weighted by Crippen LogP contribution is -2.53. The third-order valence-electron chi connectivity index (χ3n) is 4.00. The molecule has 0 saturated carbocycles. The summed E-state index contributed by atoms with van der Waals surface area (Å²) in [5.41, 5.74) is 5.86. The molecule has 1 fully saturated rings. The second-order valence-electron chi connectivity index (χ2n) is 6.80. The van der Waals surface area contributed by atoms with E-state index in [1.807, 2.05) is 56.0 Å². The molecule has 2 rings (SSSR count). The first-order chi connectivity index (χ1) is 9.88. The largest absolute Gasteiger partial charge is 0.490 e. The molecule has 1 amide bonds. The van der Waals surface area contributed by atoms with Crippen LogP contribution >= 0.6 is 0 Å². The van der Waals surface area contributed by atoms with Gasteiger partial charge in [-0.1, -0.05) is 39.0 Å². The first kappa shape index (κ1) is 15.8. The van der Waals surface area contributed by atoms with E-state index in [2.05, 4.69) is 0 Å². The van der Waals surface area contributed by atoms with Crippen molar-refractivity contribution in [1.29, 1.82) is 0 Å². The van der Waals surface area contributed by atoms with Crippen LogP contribution in [0.5, 0.6) is 5.75 Å². The van der Waals surface area contributed by atoms with Crippen molar-refractivity contribution < 1.29 is 9.53 Å². The van der Waals surface area contributed by atoms with Crippen molar-refractivity contribution in [3.05, 3.63) is 30.3 Å². The Balaban J connectivity index is 1.84. The Kier molecular flexibility index (Phi) is 4.88. The van der Waals surface area contributed by atoms with Gasteiger partial charge in [0.05, 0.1) is 6.04 Å². The molecule has 21 heavy (non-hydrogen) atoms. The number of hydrogen-bond donors (Lipinski definition) is 1. The third-order valence-corrected chi connectivity index (χ3v) is 4.00. The molecule has 4 nitrogen and oxygen atoms in total. The summed E-state index contributed by atoms with van der Waals surface area (Å²) >= 11 is 0. The highest BCUT2D eigenvalue weighted by Crippen LogP contribution is 2.22. The van der Waals surface area contributed by atoms with Gasteiger partial charge in [0.25, 0.3) is 0 Å². The van der Waals surface area contributed by atoms with Crippen LogP contribution in [-0.2, 0) is 4.79 Å². The van der Waals surface area contributed by atoms with Gasteiger partial charge in [0.1, 0.15) is 11.9 Å². The predicted octanol–water partition coefficient (Wildman–Crippen LogP) is 2.43. The molecule has 0 aliphatic carbocycles. The van der Waals surface area contributed by atoms with Crippen molar-refractivity contribution in [3.8, 4) is 5.75 Å². The van der Waals surface area contributed by atoms with E-state index < -0.39 is 6.04 Å². The molecular weight excluding hydrogens is 264 g/mol. The Hall–Kier alpha value is -1.55. The Labute approximate surface area is 127 Å². The van der Waals surface area contributed by atoms with Crippen molar-refractivity contribution in [1.82, 2.24) is 4.90 Å². The number of hydrogen-bond acceptors (Lipinski definition) is 3. The fourth-order valence-corrected chi connectivity index (χ4v) is 2.45. The molecule has 4 heteroatoms. The number of benzene rings is 1. The lowest BCUT2D eigenvalue weighted by atomic mass is 9.86. The maximum atomic E-state index is 12.4. The molecule has 1 aliphatic rings. The molecule has 1 aromatic rings. The fraction of sp³-hybridized carbons (Fsp3) is 0.588. The second kappa shape index (κ2) is 6.48. The van der Waals surface area contributed by atoms with Crippen LogP contribution in [0.15, 0.2) is 30.3 Å². The summed E-state index contributed by atoms with van der Waals surface area (Å²) in [6.45, 7) is 7.45. The highest BCUT2D eigenvalue weighted by molar-refractivity contribution is 5.82. The lowest BCUT2D eigenvalue weighted by molar-refractivity contribution is -0.136. The molecule has 1 aliphatic heterocycles. The Morgan fingerprint density at radius 3 is 2.33 bits per heavy atom. The fourth-order valence-electron chi connectivity index (χ4n) is 2.45. The van der Waals surface area contributed by atoms with Crippen LogP contribution in [0.4, 0.5) is 0 Å². The van der Waals surface area contributed by atoms with E-state index in [0.717, 1.165) is 31.7 Å². The van der Waals surface area contributed by atoms with Gasteiger partial charge >= 0.3 is 0 Å². The quantitative estimate of drug-likeness (QED) is 0.930. The highest BCUT2D eigenvalue weighted by atomic mass is 16.5. The van der Waals surface area contributed by atoms with Crippen LogP contribution in [0.3, 0.4) is 0 Å². The summed E-state index contributed by atoms with van der Waals surface area (Å²) in [5.74, 6) is 0.953. The Bertz CT molecular complexity index is 459. The van der Waals surface area contributed by atoms with Crippen molar-refractivity contribution in [3.63, 3.8) is 0 Å². The van der Waals surface area contributed by atoms with Gasteiger partial charge < -0.3 is 15.4 Å². The minimum absolute atomic E-state index is 0.0562. The lowest BCUT2D eigenvalue weighted by Gasteiger charge is -2.36. The predicted molar refractivity (Wildman–Crippen MR) is 84.1 cm³/mol. The summed E-state index contributed by atoms with van der Waals surface area (Å²) in [7, 11) is 0. The van der Waals surface area contributed by atoms with Crippen LogP contribution in [0.25, 0.3) is 0 Å². The molecule has 2 N–H and O–H groups in total. The molecule has 1 unspecified atom stereocenters. The maximum Gasteiger partial charge on any atom is 0.240 e. The Morgan fingerprint density at radius 1 is 1.24 bits per heavy atom. The van der Waals surface area contributed by atoms with E-state index in [1.165, 1.54) is 0 Å². The summed E-state index contributed by atoms with van der Waals surface area (Å²) in [6, 6.07) is 9.40. The van der Waals surface area contributed by atoms with Crippen LogP contribution in [-0.4, -0.2) is 36.0 Å². The van der Waals surface area contributed by atoms with Gasteiger partial charge in [-0.25, -0.2) is 0 Å². The summed E-state index contributed by atoms with van der Waals surface area (Å²) in [6.07, 6.45) is 1.90. The molecule has 1 atom stereocenters. The first-order valence-electron chi connectivity index (χ1n) is 7.64. The summed E-state index contributed by atoms with van der Waals surface area (Å²) in [5, 5.41) is 0. The zero-order chi connectivity index (χ0) is 15.5. The molecular formula is C17H26N2O2.